The Morgan fingerprint density at radius 3 is 2.29 bits per heavy atom. The van der Waals surface area contributed by atoms with Gasteiger partial charge in [-0.25, -0.2) is 4.79 Å². The number of hydrogen-bond acceptors (Lipinski definition) is 4. The summed E-state index contributed by atoms with van der Waals surface area (Å²) in [4.78, 5) is 29.9. The Kier molecular flexibility index (Phi) is 7.49. The first kappa shape index (κ1) is 23.8. The van der Waals surface area contributed by atoms with Crippen LogP contribution in [-0.4, -0.2) is 61.0 Å². The average molecular weight is 460 g/mol. The van der Waals surface area contributed by atoms with Gasteiger partial charge in [0.1, 0.15) is 0 Å². The first-order chi connectivity index (χ1) is 16.4. The van der Waals surface area contributed by atoms with Crippen molar-refractivity contribution in [3.63, 3.8) is 0 Å². The number of carbonyl (C=O) groups is 2. The molecular weight excluding hydrogens is 426 g/mol. The van der Waals surface area contributed by atoms with Crippen molar-refractivity contribution < 1.29 is 9.59 Å². The minimum atomic E-state index is -0.217. The number of urea groups is 1. The standard InChI is InChI=1S/C27H33N5O2/c1-19-3-6-23(17-25(19)30-27(34)29-24-11-13-31(2)14-12-24)26(33)32-15-9-22(10-16-32)21-7-4-20(18-28)5-8-21/h3-8,17,22,24H,9-16H2,1-2H3,(H2,29,30,34). The second kappa shape index (κ2) is 10.7. The van der Waals surface area contributed by atoms with Gasteiger partial charge >= 0.3 is 6.03 Å². The predicted molar refractivity (Wildman–Crippen MR) is 133 cm³/mol. The van der Waals surface area contributed by atoms with E-state index in [0.717, 1.165) is 44.3 Å². The van der Waals surface area contributed by atoms with E-state index in [-0.39, 0.29) is 18.0 Å². The fraction of sp³-hybridized carbons (Fsp3) is 0.444. The number of amides is 3. The first-order valence-corrected chi connectivity index (χ1v) is 12.1. The van der Waals surface area contributed by atoms with Gasteiger partial charge in [0.05, 0.1) is 11.6 Å². The number of likely N-dealkylation sites (tertiary alicyclic amines) is 2. The molecule has 2 aliphatic heterocycles. The highest BCUT2D eigenvalue weighted by Gasteiger charge is 2.25. The van der Waals surface area contributed by atoms with E-state index in [1.54, 1.807) is 6.07 Å². The van der Waals surface area contributed by atoms with Crippen molar-refractivity contribution in [3.05, 3.63) is 64.7 Å². The second-order valence-electron chi connectivity index (χ2n) is 9.51. The number of aryl methyl sites for hydroxylation is 1. The van der Waals surface area contributed by atoms with Crippen LogP contribution in [0.25, 0.3) is 0 Å². The van der Waals surface area contributed by atoms with Crippen LogP contribution >= 0.6 is 0 Å². The monoisotopic (exact) mass is 459 g/mol. The molecule has 0 aromatic heterocycles. The maximum atomic E-state index is 13.2. The summed E-state index contributed by atoms with van der Waals surface area (Å²) in [6.07, 6.45) is 3.68. The van der Waals surface area contributed by atoms with Gasteiger partial charge in [0, 0.05) is 30.4 Å². The smallest absolute Gasteiger partial charge is 0.319 e. The zero-order valence-corrected chi connectivity index (χ0v) is 20.0. The van der Waals surface area contributed by atoms with Gasteiger partial charge in [-0.2, -0.15) is 5.26 Å². The lowest BCUT2D eigenvalue weighted by Crippen LogP contribution is -2.44. The summed E-state index contributed by atoms with van der Waals surface area (Å²) in [5.74, 6) is 0.396. The van der Waals surface area contributed by atoms with Crippen molar-refractivity contribution in [1.82, 2.24) is 15.1 Å². The van der Waals surface area contributed by atoms with E-state index in [4.69, 9.17) is 5.26 Å². The number of rotatable bonds is 4. The Morgan fingerprint density at radius 2 is 1.65 bits per heavy atom. The van der Waals surface area contributed by atoms with Crippen molar-refractivity contribution in [2.75, 3.05) is 38.5 Å². The van der Waals surface area contributed by atoms with E-state index < -0.39 is 0 Å². The van der Waals surface area contributed by atoms with Crippen molar-refractivity contribution in [3.8, 4) is 6.07 Å². The lowest BCUT2D eigenvalue weighted by atomic mass is 9.89. The number of anilines is 1. The van der Waals surface area contributed by atoms with Gasteiger partial charge in [0.25, 0.3) is 5.91 Å². The highest BCUT2D eigenvalue weighted by molar-refractivity contribution is 5.97. The summed E-state index contributed by atoms with van der Waals surface area (Å²) in [7, 11) is 2.09. The zero-order valence-electron chi connectivity index (χ0n) is 20.0. The topological polar surface area (TPSA) is 88.5 Å². The van der Waals surface area contributed by atoms with Crippen molar-refractivity contribution in [1.29, 1.82) is 5.26 Å². The Balaban J connectivity index is 1.34. The fourth-order valence-electron chi connectivity index (χ4n) is 4.81. The second-order valence-corrected chi connectivity index (χ2v) is 9.51. The normalized spacial score (nSPS) is 17.7. The molecule has 2 saturated heterocycles. The molecule has 0 unspecified atom stereocenters. The van der Waals surface area contributed by atoms with Crippen LogP contribution < -0.4 is 10.6 Å². The molecule has 0 atom stereocenters. The van der Waals surface area contributed by atoms with Gasteiger partial charge in [0.15, 0.2) is 0 Å². The molecule has 178 valence electrons. The highest BCUT2D eigenvalue weighted by atomic mass is 16.2. The van der Waals surface area contributed by atoms with Gasteiger partial charge in [-0.15, -0.1) is 0 Å². The van der Waals surface area contributed by atoms with Crippen LogP contribution in [0.4, 0.5) is 10.5 Å². The third kappa shape index (κ3) is 5.75. The zero-order chi connectivity index (χ0) is 24.1. The largest absolute Gasteiger partial charge is 0.339 e. The van der Waals surface area contributed by atoms with Crippen LogP contribution in [0, 0.1) is 18.3 Å². The van der Waals surface area contributed by atoms with Crippen LogP contribution in [0.5, 0.6) is 0 Å². The summed E-state index contributed by atoms with van der Waals surface area (Å²) in [6.45, 7) is 5.28. The van der Waals surface area contributed by atoms with Crippen LogP contribution in [0.1, 0.15) is 58.6 Å². The average Bonchev–Trinajstić information content (AvgIpc) is 2.86. The van der Waals surface area contributed by atoms with Crippen molar-refractivity contribution in [2.24, 2.45) is 0 Å². The molecular formula is C27H33N5O2. The number of benzene rings is 2. The van der Waals surface area contributed by atoms with Crippen molar-refractivity contribution >= 4 is 17.6 Å². The Labute approximate surface area is 201 Å². The molecule has 2 N–H and O–H groups in total. The number of piperidine rings is 2. The summed E-state index contributed by atoms with van der Waals surface area (Å²) in [6, 6.07) is 15.4. The maximum absolute atomic E-state index is 13.2. The molecule has 4 rings (SSSR count). The molecule has 2 aromatic carbocycles. The Bertz CT molecular complexity index is 1060. The summed E-state index contributed by atoms with van der Waals surface area (Å²) >= 11 is 0. The Morgan fingerprint density at radius 1 is 0.971 bits per heavy atom. The number of nitriles is 1. The summed E-state index contributed by atoms with van der Waals surface area (Å²) in [5, 5.41) is 15.0. The highest BCUT2D eigenvalue weighted by Crippen LogP contribution is 2.29. The molecule has 2 fully saturated rings. The van der Waals surface area contributed by atoms with Crippen LogP contribution in [0.15, 0.2) is 42.5 Å². The van der Waals surface area contributed by atoms with Crippen LogP contribution in [0.3, 0.4) is 0 Å². The minimum absolute atomic E-state index is 0.00273. The van der Waals surface area contributed by atoms with E-state index in [1.165, 1.54) is 5.56 Å². The van der Waals surface area contributed by atoms with Gasteiger partial charge in [-0.1, -0.05) is 18.2 Å². The molecule has 3 amide bonds. The number of carbonyl (C=O) groups excluding carboxylic acids is 2. The molecule has 0 bridgehead atoms. The maximum Gasteiger partial charge on any atom is 0.319 e. The third-order valence-electron chi connectivity index (χ3n) is 7.08. The quantitative estimate of drug-likeness (QED) is 0.720. The first-order valence-electron chi connectivity index (χ1n) is 12.1. The van der Waals surface area contributed by atoms with Gasteiger partial charge < -0.3 is 20.4 Å². The van der Waals surface area contributed by atoms with E-state index in [2.05, 4.69) is 28.7 Å². The minimum Gasteiger partial charge on any atom is -0.339 e. The van der Waals surface area contributed by atoms with Crippen LogP contribution in [-0.2, 0) is 0 Å². The molecule has 7 heteroatoms. The number of hydrogen-bond donors (Lipinski definition) is 2. The van der Waals surface area contributed by atoms with Gasteiger partial charge in [0.2, 0.25) is 0 Å². The molecule has 0 radical (unpaired) electrons. The van der Waals surface area contributed by atoms with Crippen molar-refractivity contribution in [2.45, 2.75) is 44.6 Å². The number of nitrogens with zero attached hydrogens (tertiary/aromatic N) is 3. The summed E-state index contributed by atoms with van der Waals surface area (Å²) in [5.41, 5.74) is 4.08. The molecule has 0 aliphatic carbocycles. The molecule has 7 nitrogen and oxygen atoms in total. The number of nitrogens with one attached hydrogen (secondary N) is 2. The van der Waals surface area contributed by atoms with E-state index in [0.29, 0.717) is 35.8 Å². The molecule has 2 aliphatic rings. The predicted octanol–water partition coefficient (Wildman–Crippen LogP) is 4.10. The third-order valence-corrected chi connectivity index (χ3v) is 7.08. The summed E-state index contributed by atoms with van der Waals surface area (Å²) < 4.78 is 0. The molecule has 34 heavy (non-hydrogen) atoms. The van der Waals surface area contributed by atoms with Gasteiger partial charge in [-0.3, -0.25) is 4.79 Å². The molecule has 2 aromatic rings. The Hall–Kier alpha value is -3.37. The SMILES string of the molecule is Cc1ccc(C(=O)N2CCC(c3ccc(C#N)cc3)CC2)cc1NC(=O)NC1CCN(C)CC1. The van der Waals surface area contributed by atoms with Gasteiger partial charge in [-0.05, 0) is 94.1 Å². The van der Waals surface area contributed by atoms with E-state index >= 15 is 0 Å². The fourth-order valence-corrected chi connectivity index (χ4v) is 4.81. The lowest BCUT2D eigenvalue weighted by Gasteiger charge is -2.32. The van der Waals surface area contributed by atoms with Crippen LogP contribution in [0.2, 0.25) is 0 Å². The lowest BCUT2D eigenvalue weighted by molar-refractivity contribution is 0.0713. The molecule has 0 spiro atoms. The van der Waals surface area contributed by atoms with E-state index in [9.17, 15) is 9.59 Å². The molecule has 2 heterocycles. The van der Waals surface area contributed by atoms with E-state index in [1.807, 2.05) is 48.2 Å². The molecule has 0 saturated carbocycles.